The van der Waals surface area contributed by atoms with E-state index >= 15 is 0 Å². The third kappa shape index (κ3) is 3.44. The fraction of sp³-hybridized carbons (Fsp3) is 0.0455. The first kappa shape index (κ1) is 16.0. The van der Waals surface area contributed by atoms with Crippen molar-refractivity contribution < 1.29 is 13.9 Å². The highest BCUT2D eigenvalue weighted by atomic mass is 16.5. The van der Waals surface area contributed by atoms with Gasteiger partial charge in [0.25, 0.3) is 0 Å². The first-order valence-corrected chi connectivity index (χ1v) is 8.25. The molecule has 0 spiro atoms. The van der Waals surface area contributed by atoms with E-state index in [1.165, 1.54) is 6.26 Å². The first-order valence-electron chi connectivity index (χ1n) is 8.25. The van der Waals surface area contributed by atoms with Gasteiger partial charge in [-0.2, -0.15) is 0 Å². The van der Waals surface area contributed by atoms with Crippen molar-refractivity contribution in [1.29, 1.82) is 0 Å². The number of para-hydroxylation sites is 1. The number of benzene rings is 3. The topological polar surface area (TPSA) is 48.7 Å². The van der Waals surface area contributed by atoms with Crippen LogP contribution < -0.4 is 14.9 Å². The summed E-state index contributed by atoms with van der Waals surface area (Å²) >= 11 is 0. The standard InChI is InChI=1S/C22H16O4/c23-22-19-12-11-18(24-14-16-7-3-1-4-8-16)13-20(19)25-15-21(22)26-17-9-5-2-6-10-17/h1-13,15H,14H2. The summed E-state index contributed by atoms with van der Waals surface area (Å²) in [5.41, 5.74) is 1.31. The van der Waals surface area contributed by atoms with E-state index in [1.807, 2.05) is 48.5 Å². The Kier molecular flexibility index (Phi) is 4.39. The largest absolute Gasteiger partial charge is 0.489 e. The predicted molar refractivity (Wildman–Crippen MR) is 99.8 cm³/mol. The molecule has 0 unspecified atom stereocenters. The summed E-state index contributed by atoms with van der Waals surface area (Å²) in [6.45, 7) is 0.450. The van der Waals surface area contributed by atoms with E-state index in [2.05, 4.69) is 0 Å². The lowest BCUT2D eigenvalue weighted by Gasteiger charge is -2.08. The second kappa shape index (κ2) is 7.15. The van der Waals surface area contributed by atoms with Crippen LogP contribution in [0.1, 0.15) is 5.56 Å². The maximum Gasteiger partial charge on any atom is 0.235 e. The van der Waals surface area contributed by atoms with Crippen molar-refractivity contribution >= 4 is 11.0 Å². The summed E-state index contributed by atoms with van der Waals surface area (Å²) in [4.78, 5) is 12.6. The number of rotatable bonds is 5. The summed E-state index contributed by atoms with van der Waals surface area (Å²) in [5.74, 6) is 1.38. The molecular weight excluding hydrogens is 328 g/mol. The van der Waals surface area contributed by atoms with Gasteiger partial charge in [-0.3, -0.25) is 4.79 Å². The lowest BCUT2D eigenvalue weighted by atomic mass is 10.2. The maximum absolute atomic E-state index is 12.6. The van der Waals surface area contributed by atoms with Crippen LogP contribution in [0.3, 0.4) is 0 Å². The average molecular weight is 344 g/mol. The second-order valence-electron chi connectivity index (χ2n) is 5.78. The van der Waals surface area contributed by atoms with Gasteiger partial charge >= 0.3 is 0 Å². The Morgan fingerprint density at radius 2 is 1.54 bits per heavy atom. The number of hydrogen-bond donors (Lipinski definition) is 0. The molecular formula is C22H16O4. The van der Waals surface area contributed by atoms with Gasteiger partial charge in [0, 0.05) is 6.07 Å². The molecule has 4 rings (SSSR count). The van der Waals surface area contributed by atoms with Crippen LogP contribution in [0.15, 0.2) is 94.3 Å². The Bertz CT molecular complexity index is 1070. The Labute approximate surface area is 150 Å². The van der Waals surface area contributed by atoms with Crippen molar-refractivity contribution in [2.45, 2.75) is 6.61 Å². The van der Waals surface area contributed by atoms with Gasteiger partial charge in [0.15, 0.2) is 0 Å². The Hall–Kier alpha value is -3.53. The zero-order valence-corrected chi connectivity index (χ0v) is 13.9. The van der Waals surface area contributed by atoms with Crippen molar-refractivity contribution in [3.8, 4) is 17.2 Å². The predicted octanol–water partition coefficient (Wildman–Crippen LogP) is 5.16. The van der Waals surface area contributed by atoms with Crippen molar-refractivity contribution in [3.05, 3.63) is 101 Å². The minimum atomic E-state index is -0.218. The molecule has 4 aromatic rings. The fourth-order valence-corrected chi connectivity index (χ4v) is 2.61. The molecule has 0 atom stereocenters. The molecule has 128 valence electrons. The molecule has 0 aliphatic heterocycles. The lowest BCUT2D eigenvalue weighted by molar-refractivity contribution is 0.306. The molecule has 0 amide bonds. The minimum Gasteiger partial charge on any atom is -0.489 e. The number of ether oxygens (including phenoxy) is 2. The zero-order valence-electron chi connectivity index (χ0n) is 13.9. The molecule has 0 N–H and O–H groups in total. The van der Waals surface area contributed by atoms with Gasteiger partial charge in [-0.15, -0.1) is 0 Å². The van der Waals surface area contributed by atoms with Gasteiger partial charge in [0.2, 0.25) is 11.2 Å². The number of fused-ring (bicyclic) bond motifs is 1. The van der Waals surface area contributed by atoms with Crippen LogP contribution in [0.2, 0.25) is 0 Å². The smallest absolute Gasteiger partial charge is 0.235 e. The molecule has 0 radical (unpaired) electrons. The Morgan fingerprint density at radius 3 is 2.31 bits per heavy atom. The summed E-state index contributed by atoms with van der Waals surface area (Å²) in [6.07, 6.45) is 1.33. The highest BCUT2D eigenvalue weighted by Gasteiger charge is 2.10. The van der Waals surface area contributed by atoms with E-state index in [0.29, 0.717) is 29.1 Å². The van der Waals surface area contributed by atoms with Gasteiger partial charge in [0.05, 0.1) is 5.39 Å². The van der Waals surface area contributed by atoms with E-state index in [-0.39, 0.29) is 11.2 Å². The molecule has 0 bridgehead atoms. The summed E-state index contributed by atoms with van der Waals surface area (Å²) in [5, 5.41) is 0.450. The second-order valence-corrected chi connectivity index (χ2v) is 5.78. The Balaban J connectivity index is 1.57. The zero-order chi connectivity index (χ0) is 17.8. The van der Waals surface area contributed by atoms with E-state index in [1.54, 1.807) is 30.3 Å². The SMILES string of the molecule is O=c1c(Oc2ccccc2)coc2cc(OCc3ccccc3)ccc12. The summed E-state index contributed by atoms with van der Waals surface area (Å²) in [6, 6.07) is 24.2. The summed E-state index contributed by atoms with van der Waals surface area (Å²) < 4.78 is 17.0. The lowest BCUT2D eigenvalue weighted by Crippen LogP contribution is -2.05. The third-order valence-electron chi connectivity index (χ3n) is 3.93. The molecule has 0 saturated carbocycles. The summed E-state index contributed by atoms with van der Waals surface area (Å²) in [7, 11) is 0. The highest BCUT2D eigenvalue weighted by molar-refractivity contribution is 5.79. The third-order valence-corrected chi connectivity index (χ3v) is 3.93. The average Bonchev–Trinajstić information content (AvgIpc) is 2.70. The van der Waals surface area contributed by atoms with Crippen molar-refractivity contribution in [2.24, 2.45) is 0 Å². The molecule has 3 aromatic carbocycles. The van der Waals surface area contributed by atoms with Crippen LogP contribution in [0.25, 0.3) is 11.0 Å². The van der Waals surface area contributed by atoms with E-state index in [4.69, 9.17) is 13.9 Å². The minimum absolute atomic E-state index is 0.154. The highest BCUT2D eigenvalue weighted by Crippen LogP contribution is 2.24. The van der Waals surface area contributed by atoms with Crippen molar-refractivity contribution in [1.82, 2.24) is 0 Å². The van der Waals surface area contributed by atoms with Crippen LogP contribution in [0.5, 0.6) is 17.2 Å². The fourth-order valence-electron chi connectivity index (χ4n) is 2.61. The molecule has 0 aliphatic carbocycles. The van der Waals surface area contributed by atoms with Gasteiger partial charge in [0.1, 0.15) is 30.0 Å². The van der Waals surface area contributed by atoms with Crippen LogP contribution in [-0.2, 0) is 6.61 Å². The van der Waals surface area contributed by atoms with Gasteiger partial charge in [-0.05, 0) is 29.8 Å². The van der Waals surface area contributed by atoms with Crippen LogP contribution in [-0.4, -0.2) is 0 Å². The van der Waals surface area contributed by atoms with Crippen molar-refractivity contribution in [2.75, 3.05) is 0 Å². The van der Waals surface area contributed by atoms with E-state index in [9.17, 15) is 4.79 Å². The molecule has 4 nitrogen and oxygen atoms in total. The molecule has 1 aromatic heterocycles. The van der Waals surface area contributed by atoms with Crippen LogP contribution >= 0.6 is 0 Å². The Morgan fingerprint density at radius 1 is 0.808 bits per heavy atom. The molecule has 0 saturated heterocycles. The number of hydrogen-bond acceptors (Lipinski definition) is 4. The molecule has 1 heterocycles. The van der Waals surface area contributed by atoms with E-state index in [0.717, 1.165) is 5.56 Å². The molecule has 0 aliphatic rings. The first-order chi connectivity index (χ1) is 12.8. The maximum atomic E-state index is 12.6. The van der Waals surface area contributed by atoms with E-state index < -0.39 is 0 Å². The monoisotopic (exact) mass is 344 g/mol. The molecule has 26 heavy (non-hydrogen) atoms. The normalized spacial score (nSPS) is 10.6. The van der Waals surface area contributed by atoms with Gasteiger partial charge < -0.3 is 13.9 Å². The van der Waals surface area contributed by atoms with Crippen LogP contribution in [0.4, 0.5) is 0 Å². The molecule has 4 heteroatoms. The quantitative estimate of drug-likeness (QED) is 0.501. The van der Waals surface area contributed by atoms with Gasteiger partial charge in [-0.25, -0.2) is 0 Å². The molecule has 0 fully saturated rings. The van der Waals surface area contributed by atoms with Crippen molar-refractivity contribution in [3.63, 3.8) is 0 Å². The van der Waals surface area contributed by atoms with Crippen LogP contribution in [0, 0.1) is 0 Å². The van der Waals surface area contributed by atoms with Gasteiger partial charge in [-0.1, -0.05) is 48.5 Å².